The van der Waals surface area contributed by atoms with E-state index in [9.17, 15) is 19.7 Å². The fourth-order valence-corrected chi connectivity index (χ4v) is 3.48. The number of aryl methyl sites for hydroxylation is 2. The van der Waals surface area contributed by atoms with E-state index in [0.29, 0.717) is 22.0 Å². The Morgan fingerprint density at radius 3 is 2.56 bits per heavy atom. The van der Waals surface area contributed by atoms with E-state index in [2.05, 4.69) is 10.4 Å². The number of benzene rings is 2. The van der Waals surface area contributed by atoms with Crippen LogP contribution in [-0.4, -0.2) is 33.2 Å². The second-order valence-electron chi connectivity index (χ2n) is 6.88. The summed E-state index contributed by atoms with van der Waals surface area (Å²) in [5.41, 5.74) is 1.95. The SMILES string of the molecule is Cc1cc([N+](=O)[O-])ccc1NC(=O)COC(=O)c1c(C)nn(Cc2ccccc2Cl)c1Cl. The van der Waals surface area contributed by atoms with Crippen LogP contribution in [0.1, 0.15) is 27.2 Å². The van der Waals surface area contributed by atoms with Crippen LogP contribution in [0, 0.1) is 24.0 Å². The highest BCUT2D eigenvalue weighted by Crippen LogP contribution is 2.24. The third kappa shape index (κ3) is 5.24. The van der Waals surface area contributed by atoms with E-state index in [1.54, 1.807) is 26.0 Å². The minimum atomic E-state index is -0.798. The van der Waals surface area contributed by atoms with Crippen molar-refractivity contribution in [2.24, 2.45) is 0 Å². The number of hydrogen-bond acceptors (Lipinski definition) is 6. The molecular formula is C21H18Cl2N4O5. The minimum absolute atomic E-state index is 0.0537. The molecule has 166 valence electrons. The van der Waals surface area contributed by atoms with Crippen molar-refractivity contribution in [2.75, 3.05) is 11.9 Å². The van der Waals surface area contributed by atoms with Crippen LogP contribution in [0.2, 0.25) is 10.2 Å². The Bertz CT molecular complexity index is 1210. The van der Waals surface area contributed by atoms with E-state index < -0.39 is 23.4 Å². The van der Waals surface area contributed by atoms with Gasteiger partial charge < -0.3 is 10.1 Å². The van der Waals surface area contributed by atoms with Gasteiger partial charge in [-0.2, -0.15) is 5.10 Å². The molecule has 11 heteroatoms. The second kappa shape index (κ2) is 9.80. The van der Waals surface area contributed by atoms with E-state index in [-0.39, 0.29) is 22.9 Å². The van der Waals surface area contributed by atoms with Gasteiger partial charge in [-0.25, -0.2) is 9.48 Å². The number of halogens is 2. The van der Waals surface area contributed by atoms with Gasteiger partial charge in [0, 0.05) is 22.8 Å². The van der Waals surface area contributed by atoms with Crippen molar-refractivity contribution in [1.82, 2.24) is 9.78 Å². The Kier molecular flexibility index (Phi) is 7.12. The maximum absolute atomic E-state index is 12.5. The average Bonchev–Trinajstić information content (AvgIpc) is 3.02. The van der Waals surface area contributed by atoms with E-state index >= 15 is 0 Å². The molecule has 0 bridgehead atoms. The molecule has 0 aliphatic rings. The topological polar surface area (TPSA) is 116 Å². The van der Waals surface area contributed by atoms with Crippen molar-refractivity contribution < 1.29 is 19.2 Å². The summed E-state index contributed by atoms with van der Waals surface area (Å²) >= 11 is 12.5. The lowest BCUT2D eigenvalue weighted by atomic mass is 10.2. The van der Waals surface area contributed by atoms with Gasteiger partial charge >= 0.3 is 5.97 Å². The van der Waals surface area contributed by atoms with Crippen LogP contribution >= 0.6 is 23.2 Å². The van der Waals surface area contributed by atoms with Gasteiger partial charge in [-0.1, -0.05) is 41.4 Å². The van der Waals surface area contributed by atoms with Crippen LogP contribution in [0.3, 0.4) is 0 Å². The van der Waals surface area contributed by atoms with Crippen LogP contribution in [-0.2, 0) is 16.1 Å². The number of nitro groups is 1. The van der Waals surface area contributed by atoms with Gasteiger partial charge in [0.1, 0.15) is 10.7 Å². The second-order valence-corrected chi connectivity index (χ2v) is 7.65. The molecule has 1 N–H and O–H groups in total. The van der Waals surface area contributed by atoms with Gasteiger partial charge in [-0.3, -0.25) is 14.9 Å². The van der Waals surface area contributed by atoms with E-state index in [1.807, 2.05) is 12.1 Å². The molecule has 0 saturated heterocycles. The molecule has 1 amide bonds. The maximum Gasteiger partial charge on any atom is 0.343 e. The van der Waals surface area contributed by atoms with Crippen LogP contribution < -0.4 is 5.32 Å². The van der Waals surface area contributed by atoms with Gasteiger partial charge in [0.05, 0.1) is 17.2 Å². The summed E-state index contributed by atoms with van der Waals surface area (Å²) in [6, 6.07) is 11.2. The summed E-state index contributed by atoms with van der Waals surface area (Å²) in [6.07, 6.45) is 0. The Morgan fingerprint density at radius 1 is 1.19 bits per heavy atom. The number of carbonyl (C=O) groups excluding carboxylic acids is 2. The highest BCUT2D eigenvalue weighted by atomic mass is 35.5. The van der Waals surface area contributed by atoms with Crippen molar-refractivity contribution in [2.45, 2.75) is 20.4 Å². The number of anilines is 1. The van der Waals surface area contributed by atoms with Gasteiger partial charge in [-0.15, -0.1) is 0 Å². The van der Waals surface area contributed by atoms with E-state index in [0.717, 1.165) is 5.56 Å². The van der Waals surface area contributed by atoms with Gasteiger partial charge in [0.15, 0.2) is 6.61 Å². The number of ether oxygens (including phenoxy) is 1. The zero-order valence-electron chi connectivity index (χ0n) is 17.1. The first kappa shape index (κ1) is 23.2. The summed E-state index contributed by atoms with van der Waals surface area (Å²) in [4.78, 5) is 35.0. The van der Waals surface area contributed by atoms with Crippen LogP contribution in [0.15, 0.2) is 42.5 Å². The monoisotopic (exact) mass is 476 g/mol. The molecule has 0 aliphatic carbocycles. The molecule has 0 spiro atoms. The first-order chi connectivity index (χ1) is 15.2. The quantitative estimate of drug-likeness (QED) is 0.303. The molecule has 1 heterocycles. The lowest BCUT2D eigenvalue weighted by molar-refractivity contribution is -0.384. The summed E-state index contributed by atoms with van der Waals surface area (Å²) in [5, 5.41) is 18.2. The molecular weight excluding hydrogens is 459 g/mol. The third-order valence-electron chi connectivity index (χ3n) is 4.58. The number of nitro benzene ring substituents is 1. The predicted octanol–water partition coefficient (Wildman–Crippen LogP) is 4.56. The molecule has 0 unspecified atom stereocenters. The van der Waals surface area contributed by atoms with Crippen LogP contribution in [0.5, 0.6) is 0 Å². The molecule has 0 radical (unpaired) electrons. The molecule has 0 atom stereocenters. The molecule has 2 aromatic carbocycles. The number of amides is 1. The van der Waals surface area contributed by atoms with Crippen LogP contribution in [0.25, 0.3) is 0 Å². The number of nitrogens with one attached hydrogen (secondary N) is 1. The maximum atomic E-state index is 12.5. The number of hydrogen-bond donors (Lipinski definition) is 1. The zero-order valence-corrected chi connectivity index (χ0v) is 18.6. The summed E-state index contributed by atoms with van der Waals surface area (Å²) in [5.74, 6) is -1.40. The van der Waals surface area contributed by atoms with Gasteiger partial charge in [0.2, 0.25) is 0 Å². The molecule has 0 aliphatic heterocycles. The van der Waals surface area contributed by atoms with E-state index in [1.165, 1.54) is 22.9 Å². The standard InChI is InChI=1S/C21H18Cl2N4O5/c1-12-9-15(27(30)31)7-8-17(12)24-18(28)11-32-21(29)19-13(2)25-26(20(19)23)10-14-5-3-4-6-16(14)22/h3-9H,10-11H2,1-2H3,(H,24,28). The fraction of sp³-hybridized carbons (Fsp3) is 0.190. The zero-order chi connectivity index (χ0) is 23.4. The number of aromatic nitrogens is 2. The summed E-state index contributed by atoms with van der Waals surface area (Å²) < 4.78 is 6.52. The number of carbonyl (C=O) groups is 2. The van der Waals surface area contributed by atoms with Crippen LogP contribution in [0.4, 0.5) is 11.4 Å². The average molecular weight is 477 g/mol. The molecule has 0 fully saturated rings. The van der Waals surface area contributed by atoms with E-state index in [4.69, 9.17) is 27.9 Å². The predicted molar refractivity (Wildman–Crippen MR) is 119 cm³/mol. The molecule has 0 saturated carbocycles. The van der Waals surface area contributed by atoms with Crippen molar-refractivity contribution in [3.8, 4) is 0 Å². The Morgan fingerprint density at radius 2 is 1.91 bits per heavy atom. The molecule has 3 rings (SSSR count). The number of esters is 1. The summed E-state index contributed by atoms with van der Waals surface area (Å²) in [6.45, 7) is 2.91. The largest absolute Gasteiger partial charge is 0.452 e. The number of non-ortho nitro benzene ring substituents is 1. The van der Waals surface area contributed by atoms with Crippen molar-refractivity contribution in [1.29, 1.82) is 0 Å². The lowest BCUT2D eigenvalue weighted by Gasteiger charge is -2.09. The fourth-order valence-electron chi connectivity index (χ4n) is 2.97. The van der Waals surface area contributed by atoms with Gasteiger partial charge in [0.25, 0.3) is 11.6 Å². The molecule has 9 nitrogen and oxygen atoms in total. The molecule has 3 aromatic rings. The van der Waals surface area contributed by atoms with Crippen molar-refractivity contribution in [3.63, 3.8) is 0 Å². The minimum Gasteiger partial charge on any atom is -0.452 e. The Hall–Kier alpha value is -3.43. The molecule has 1 aromatic heterocycles. The highest BCUT2D eigenvalue weighted by Gasteiger charge is 2.23. The van der Waals surface area contributed by atoms with Crippen molar-refractivity contribution in [3.05, 3.63) is 85.1 Å². The first-order valence-corrected chi connectivity index (χ1v) is 10.1. The van der Waals surface area contributed by atoms with Gasteiger partial charge in [-0.05, 0) is 37.1 Å². The third-order valence-corrected chi connectivity index (χ3v) is 5.33. The first-order valence-electron chi connectivity index (χ1n) is 9.35. The smallest absolute Gasteiger partial charge is 0.343 e. The van der Waals surface area contributed by atoms with Crippen molar-refractivity contribution >= 4 is 46.5 Å². The Balaban J connectivity index is 1.65. The summed E-state index contributed by atoms with van der Waals surface area (Å²) in [7, 11) is 0. The normalized spacial score (nSPS) is 10.6. The number of rotatable bonds is 7. The highest BCUT2D eigenvalue weighted by molar-refractivity contribution is 6.33. The lowest BCUT2D eigenvalue weighted by Crippen LogP contribution is -2.21. The number of nitrogens with zero attached hydrogens (tertiary/aromatic N) is 3. The Labute approximate surface area is 193 Å². The molecule has 32 heavy (non-hydrogen) atoms.